The van der Waals surface area contributed by atoms with Crippen molar-refractivity contribution >= 4 is 24.1 Å². The van der Waals surface area contributed by atoms with Gasteiger partial charge in [0.25, 0.3) is 0 Å². The van der Waals surface area contributed by atoms with Crippen molar-refractivity contribution in [2.45, 2.75) is 65.2 Å². The Morgan fingerprint density at radius 3 is 1.73 bits per heavy atom. The number of hydrogen-bond donors (Lipinski definition) is 3. The Labute approximate surface area is 152 Å². The summed E-state index contributed by atoms with van der Waals surface area (Å²) in [5.74, 6) is -1.80. The summed E-state index contributed by atoms with van der Waals surface area (Å²) in [6.07, 6.45) is -2.59. The molecule has 0 bridgehead atoms. The number of imide groups is 1. The van der Waals surface area contributed by atoms with Crippen LogP contribution in [-0.4, -0.2) is 58.0 Å². The fourth-order valence-electron chi connectivity index (χ4n) is 1.60. The van der Waals surface area contributed by atoms with Crippen molar-refractivity contribution in [1.29, 1.82) is 0 Å². The summed E-state index contributed by atoms with van der Waals surface area (Å²) in [4.78, 5) is 41.6. The molecule has 0 spiro atoms. The van der Waals surface area contributed by atoms with Crippen LogP contribution in [0.5, 0.6) is 0 Å². The number of ether oxygens (including phenoxy) is 2. The second kappa shape index (κ2) is 9.11. The van der Waals surface area contributed by atoms with E-state index in [2.05, 4.69) is 5.16 Å². The van der Waals surface area contributed by atoms with Crippen LogP contribution in [0.1, 0.15) is 48.0 Å². The van der Waals surface area contributed by atoms with E-state index in [4.69, 9.17) is 25.8 Å². The average molecular weight is 376 g/mol. The van der Waals surface area contributed by atoms with Gasteiger partial charge in [0.1, 0.15) is 23.9 Å². The van der Waals surface area contributed by atoms with Crippen LogP contribution < -0.4 is 11.5 Å². The highest BCUT2D eigenvalue weighted by molar-refractivity contribution is 5.93. The molecule has 11 nitrogen and oxygen atoms in total. The topological polar surface area (TPSA) is 167 Å². The molecular formula is C15H28N4O7. The number of carbonyl (C=O) groups is 3. The van der Waals surface area contributed by atoms with Gasteiger partial charge in [-0.15, -0.1) is 0 Å². The van der Waals surface area contributed by atoms with E-state index >= 15 is 0 Å². The highest BCUT2D eigenvalue weighted by Gasteiger charge is 2.40. The minimum absolute atomic E-state index is 0.267. The van der Waals surface area contributed by atoms with Crippen LogP contribution in [0, 0.1) is 0 Å². The largest absolute Gasteiger partial charge is 0.480 e. The van der Waals surface area contributed by atoms with E-state index in [1.165, 1.54) is 0 Å². The van der Waals surface area contributed by atoms with Crippen LogP contribution in [0.25, 0.3) is 0 Å². The molecule has 2 amide bonds. The average Bonchev–Trinajstić information content (AvgIpc) is 2.36. The lowest BCUT2D eigenvalue weighted by atomic mass is 10.2. The van der Waals surface area contributed by atoms with Gasteiger partial charge >= 0.3 is 18.2 Å². The maximum atomic E-state index is 12.4. The molecule has 0 aliphatic rings. The molecule has 0 heterocycles. The zero-order valence-corrected chi connectivity index (χ0v) is 15.9. The maximum Gasteiger partial charge on any atom is 0.420 e. The Balaban J connectivity index is 5.52. The molecule has 5 N–H and O–H groups in total. The minimum atomic E-state index is -1.60. The molecule has 150 valence electrons. The van der Waals surface area contributed by atoms with Gasteiger partial charge in [-0.05, 0) is 46.7 Å². The second-order valence-corrected chi connectivity index (χ2v) is 7.32. The smallest absolute Gasteiger partial charge is 0.420 e. The molecule has 0 rings (SSSR count). The molecule has 0 aliphatic heterocycles. The monoisotopic (exact) mass is 376 g/mol. The first kappa shape index (κ1) is 23.3. The van der Waals surface area contributed by atoms with Crippen molar-refractivity contribution in [3.05, 3.63) is 0 Å². The highest BCUT2D eigenvalue weighted by atomic mass is 16.6. The second-order valence-electron chi connectivity index (χ2n) is 7.32. The van der Waals surface area contributed by atoms with E-state index in [-0.39, 0.29) is 19.0 Å². The Morgan fingerprint density at radius 2 is 1.42 bits per heavy atom. The molecule has 0 aliphatic carbocycles. The number of oxime groups is 1. The number of aliphatic carboxylic acids is 1. The van der Waals surface area contributed by atoms with Crippen LogP contribution in [0.3, 0.4) is 0 Å². The lowest BCUT2D eigenvalue weighted by Crippen LogP contribution is -2.52. The molecule has 1 atom stereocenters. The quantitative estimate of drug-likeness (QED) is 0.267. The SMILES string of the molecule is CC(C)(C)OC(=O)N(C(=O)OC(C)(C)C)[C@@H](CCON=C(N)N)C(=O)O. The standard InChI is InChI=1S/C15H28N4O7/c1-14(2,3)25-12(22)19(13(23)26-15(4,5)6)9(10(20)21)7-8-24-18-11(16)17/h9H,7-8H2,1-6H3,(H,20,21)(H4,16,17,18)/t9-/m0/s1. The summed E-state index contributed by atoms with van der Waals surface area (Å²) in [5, 5.41) is 12.7. The normalized spacial score (nSPS) is 12.5. The molecular weight excluding hydrogens is 348 g/mol. The van der Waals surface area contributed by atoms with Gasteiger partial charge in [-0.1, -0.05) is 0 Å². The van der Waals surface area contributed by atoms with E-state index in [0.717, 1.165) is 0 Å². The van der Waals surface area contributed by atoms with Crippen molar-refractivity contribution in [1.82, 2.24) is 4.90 Å². The number of amides is 2. The van der Waals surface area contributed by atoms with Gasteiger partial charge in [-0.3, -0.25) is 0 Å². The van der Waals surface area contributed by atoms with Crippen LogP contribution >= 0.6 is 0 Å². The van der Waals surface area contributed by atoms with Crippen LogP contribution in [0.4, 0.5) is 9.59 Å². The molecule has 0 saturated heterocycles. The fourth-order valence-corrected chi connectivity index (χ4v) is 1.60. The van der Waals surface area contributed by atoms with E-state index in [1.54, 1.807) is 41.5 Å². The summed E-state index contributed by atoms with van der Waals surface area (Å²) in [6, 6.07) is -1.60. The van der Waals surface area contributed by atoms with Crippen LogP contribution in [0.2, 0.25) is 0 Å². The molecule has 0 saturated carbocycles. The Hall–Kier alpha value is -2.72. The first-order valence-corrected chi connectivity index (χ1v) is 7.83. The predicted octanol–water partition coefficient (Wildman–Crippen LogP) is 1.21. The molecule has 11 heteroatoms. The molecule has 0 fully saturated rings. The Morgan fingerprint density at radius 1 is 1.00 bits per heavy atom. The molecule has 0 aromatic carbocycles. The zero-order valence-electron chi connectivity index (χ0n) is 15.9. The van der Waals surface area contributed by atoms with Crippen molar-refractivity contribution < 1.29 is 33.8 Å². The third-order valence-electron chi connectivity index (χ3n) is 2.43. The number of carbonyl (C=O) groups excluding carboxylic acids is 2. The van der Waals surface area contributed by atoms with Crippen LogP contribution in [-0.2, 0) is 19.1 Å². The van der Waals surface area contributed by atoms with Crippen molar-refractivity contribution in [2.24, 2.45) is 16.6 Å². The molecule has 0 aromatic heterocycles. The van der Waals surface area contributed by atoms with E-state index in [0.29, 0.717) is 4.90 Å². The van der Waals surface area contributed by atoms with Gasteiger partial charge in [0, 0.05) is 6.42 Å². The third-order valence-corrected chi connectivity index (χ3v) is 2.43. The summed E-state index contributed by atoms with van der Waals surface area (Å²) in [5.41, 5.74) is 8.29. The van der Waals surface area contributed by atoms with E-state index in [9.17, 15) is 19.5 Å². The first-order valence-electron chi connectivity index (χ1n) is 7.83. The number of rotatable bonds is 6. The number of guanidine groups is 1. The third kappa shape index (κ3) is 9.55. The van der Waals surface area contributed by atoms with Crippen molar-refractivity contribution in [3.63, 3.8) is 0 Å². The van der Waals surface area contributed by atoms with Gasteiger partial charge in [0.05, 0.1) is 0 Å². The number of hydrogen-bond acceptors (Lipinski definition) is 7. The van der Waals surface area contributed by atoms with Gasteiger partial charge in [0.15, 0.2) is 0 Å². The fraction of sp³-hybridized carbons (Fsp3) is 0.733. The summed E-state index contributed by atoms with van der Waals surface area (Å²) >= 11 is 0. The summed E-state index contributed by atoms with van der Waals surface area (Å²) in [6.45, 7) is 9.21. The van der Waals surface area contributed by atoms with Gasteiger partial charge in [-0.2, -0.15) is 4.90 Å². The minimum Gasteiger partial charge on any atom is -0.480 e. The number of nitrogens with zero attached hydrogens (tertiary/aromatic N) is 2. The Kier molecular flexibility index (Phi) is 8.16. The first-order chi connectivity index (χ1) is 11.6. The van der Waals surface area contributed by atoms with E-state index < -0.39 is 35.4 Å². The molecule has 0 aromatic rings. The Bertz CT molecular complexity index is 517. The van der Waals surface area contributed by atoms with Gasteiger partial charge in [0.2, 0.25) is 5.96 Å². The van der Waals surface area contributed by atoms with Crippen molar-refractivity contribution in [2.75, 3.05) is 6.61 Å². The number of carboxylic acids is 1. The zero-order chi connectivity index (χ0) is 20.7. The van der Waals surface area contributed by atoms with Crippen molar-refractivity contribution in [3.8, 4) is 0 Å². The molecule has 26 heavy (non-hydrogen) atoms. The molecule has 0 unspecified atom stereocenters. The van der Waals surface area contributed by atoms with Gasteiger partial charge in [-0.25, -0.2) is 14.4 Å². The molecule has 0 radical (unpaired) electrons. The van der Waals surface area contributed by atoms with Gasteiger partial charge < -0.3 is 30.9 Å². The van der Waals surface area contributed by atoms with E-state index in [1.807, 2.05) is 0 Å². The maximum absolute atomic E-state index is 12.4. The lowest BCUT2D eigenvalue weighted by molar-refractivity contribution is -0.143. The lowest BCUT2D eigenvalue weighted by Gasteiger charge is -2.31. The highest BCUT2D eigenvalue weighted by Crippen LogP contribution is 2.18. The summed E-state index contributed by atoms with van der Waals surface area (Å²) < 4.78 is 10.3. The number of nitrogens with two attached hydrogens (primary N) is 2. The number of carboxylic acid groups (broad SMARTS) is 1. The predicted molar refractivity (Wildman–Crippen MR) is 92.1 cm³/mol. The van der Waals surface area contributed by atoms with Crippen LogP contribution in [0.15, 0.2) is 5.16 Å². The summed E-state index contributed by atoms with van der Waals surface area (Å²) in [7, 11) is 0.